The lowest BCUT2D eigenvalue weighted by molar-refractivity contribution is -0.119. The van der Waals surface area contributed by atoms with Crippen LogP contribution in [0.3, 0.4) is 0 Å². The number of sulfone groups is 1. The summed E-state index contributed by atoms with van der Waals surface area (Å²) >= 11 is 0. The molecule has 7 heteroatoms. The van der Waals surface area contributed by atoms with Crippen molar-refractivity contribution in [2.45, 2.75) is 6.42 Å². The van der Waals surface area contributed by atoms with Gasteiger partial charge in [0.05, 0.1) is 24.5 Å². The first kappa shape index (κ1) is 13.8. The highest BCUT2D eigenvalue weighted by Crippen LogP contribution is 2.23. The summed E-state index contributed by atoms with van der Waals surface area (Å²) in [6.07, 6.45) is 0.312. The minimum atomic E-state index is -3.11. The topological polar surface area (TPSA) is 72.5 Å². The van der Waals surface area contributed by atoms with Gasteiger partial charge in [-0.25, -0.2) is 12.8 Å². The van der Waals surface area contributed by atoms with E-state index >= 15 is 0 Å². The van der Waals surface area contributed by atoms with Gasteiger partial charge in [0.2, 0.25) is 5.91 Å². The van der Waals surface area contributed by atoms with Crippen LogP contribution in [0.5, 0.6) is 5.75 Å². The Labute approximate surface area is 110 Å². The van der Waals surface area contributed by atoms with Crippen LogP contribution in [-0.2, 0) is 14.6 Å². The first-order valence-electron chi connectivity index (χ1n) is 5.76. The van der Waals surface area contributed by atoms with Crippen molar-refractivity contribution in [1.82, 2.24) is 0 Å². The molecule has 0 spiro atoms. The van der Waals surface area contributed by atoms with Gasteiger partial charge in [-0.3, -0.25) is 4.79 Å². The van der Waals surface area contributed by atoms with Gasteiger partial charge >= 0.3 is 0 Å². The number of amides is 1. The largest absolute Gasteiger partial charge is 0.494 e. The number of anilines is 1. The molecule has 0 aromatic heterocycles. The van der Waals surface area contributed by atoms with Gasteiger partial charge in [0.1, 0.15) is 0 Å². The molecule has 0 aliphatic carbocycles. The summed E-state index contributed by atoms with van der Waals surface area (Å²) in [5.41, 5.74) is 0.285. The van der Waals surface area contributed by atoms with Crippen LogP contribution < -0.4 is 10.1 Å². The molecule has 1 aromatic carbocycles. The molecule has 1 fully saturated rings. The summed E-state index contributed by atoms with van der Waals surface area (Å²) < 4.78 is 40.8. The van der Waals surface area contributed by atoms with Crippen LogP contribution in [-0.4, -0.2) is 32.9 Å². The Bertz CT molecular complexity index is 600. The molecule has 1 heterocycles. The summed E-state index contributed by atoms with van der Waals surface area (Å²) in [7, 11) is -1.76. The van der Waals surface area contributed by atoms with Gasteiger partial charge in [0.15, 0.2) is 21.4 Å². The van der Waals surface area contributed by atoms with E-state index in [4.69, 9.17) is 4.74 Å². The van der Waals surface area contributed by atoms with Crippen molar-refractivity contribution >= 4 is 21.4 Å². The Kier molecular flexibility index (Phi) is 3.75. The molecule has 104 valence electrons. The van der Waals surface area contributed by atoms with E-state index < -0.39 is 27.5 Å². The predicted molar refractivity (Wildman–Crippen MR) is 68.3 cm³/mol. The molecule has 0 radical (unpaired) electrons. The first-order chi connectivity index (χ1) is 8.91. The number of hydrogen-bond donors (Lipinski definition) is 1. The molecule has 19 heavy (non-hydrogen) atoms. The fourth-order valence-electron chi connectivity index (χ4n) is 1.99. The van der Waals surface area contributed by atoms with Crippen LogP contribution in [0.25, 0.3) is 0 Å². The Morgan fingerprint density at radius 1 is 1.47 bits per heavy atom. The van der Waals surface area contributed by atoms with Crippen molar-refractivity contribution in [3.05, 3.63) is 24.0 Å². The second kappa shape index (κ2) is 5.16. The molecule has 5 nitrogen and oxygen atoms in total. The molecule has 0 saturated carbocycles. The van der Waals surface area contributed by atoms with Crippen molar-refractivity contribution in [2.75, 3.05) is 23.9 Å². The van der Waals surface area contributed by atoms with Gasteiger partial charge in [-0.15, -0.1) is 0 Å². The lowest BCUT2D eigenvalue weighted by Crippen LogP contribution is -2.23. The molecule has 1 atom stereocenters. The number of hydrogen-bond acceptors (Lipinski definition) is 4. The standard InChI is InChI=1S/C12H14FNO4S/c1-18-11-3-2-9(6-10(11)13)14-12(15)8-4-5-19(16,17)7-8/h2-3,6,8H,4-5,7H2,1H3,(H,14,15)/t8-/m1/s1. The number of methoxy groups -OCH3 is 1. The third-order valence-corrected chi connectivity index (χ3v) is 4.79. The zero-order valence-electron chi connectivity index (χ0n) is 10.3. The van der Waals surface area contributed by atoms with E-state index in [0.717, 1.165) is 6.07 Å². The van der Waals surface area contributed by atoms with E-state index in [0.29, 0.717) is 6.42 Å². The zero-order valence-corrected chi connectivity index (χ0v) is 11.2. The molecule has 1 aliphatic heterocycles. The van der Waals surface area contributed by atoms with Gasteiger partial charge in [0.25, 0.3) is 0 Å². The van der Waals surface area contributed by atoms with E-state index in [9.17, 15) is 17.6 Å². The van der Waals surface area contributed by atoms with E-state index in [1.54, 1.807) is 0 Å². The van der Waals surface area contributed by atoms with Gasteiger partial charge in [-0.1, -0.05) is 0 Å². The van der Waals surface area contributed by atoms with Gasteiger partial charge in [0, 0.05) is 11.8 Å². The highest BCUT2D eigenvalue weighted by atomic mass is 32.2. The van der Waals surface area contributed by atoms with Gasteiger partial charge in [-0.2, -0.15) is 0 Å². The molecule has 0 unspecified atom stereocenters. The van der Waals surface area contributed by atoms with Crippen molar-refractivity contribution in [3.8, 4) is 5.75 Å². The van der Waals surface area contributed by atoms with E-state index in [2.05, 4.69) is 5.32 Å². The van der Waals surface area contributed by atoms with Crippen LogP contribution >= 0.6 is 0 Å². The monoisotopic (exact) mass is 287 g/mol. The van der Waals surface area contributed by atoms with Crippen molar-refractivity contribution in [2.24, 2.45) is 5.92 Å². The molecular formula is C12H14FNO4S. The summed E-state index contributed by atoms with van der Waals surface area (Å²) in [5, 5.41) is 2.51. The van der Waals surface area contributed by atoms with Crippen LogP contribution in [0.2, 0.25) is 0 Å². The van der Waals surface area contributed by atoms with Gasteiger partial charge in [-0.05, 0) is 18.6 Å². The Morgan fingerprint density at radius 3 is 2.74 bits per heavy atom. The minimum Gasteiger partial charge on any atom is -0.494 e. The number of rotatable bonds is 3. The van der Waals surface area contributed by atoms with Crippen molar-refractivity contribution in [1.29, 1.82) is 0 Å². The average Bonchev–Trinajstić information content (AvgIpc) is 2.70. The third-order valence-electron chi connectivity index (χ3n) is 3.02. The Morgan fingerprint density at radius 2 is 2.21 bits per heavy atom. The summed E-state index contributed by atoms with van der Waals surface area (Å²) in [6.45, 7) is 0. The molecule has 1 aromatic rings. The summed E-state index contributed by atoms with van der Waals surface area (Å²) in [6, 6.07) is 4.04. The molecule has 2 rings (SSSR count). The molecule has 0 bridgehead atoms. The van der Waals surface area contributed by atoms with E-state index in [1.807, 2.05) is 0 Å². The van der Waals surface area contributed by atoms with Crippen LogP contribution in [0.4, 0.5) is 10.1 Å². The van der Waals surface area contributed by atoms with E-state index in [1.165, 1.54) is 19.2 Å². The number of carbonyl (C=O) groups excluding carboxylic acids is 1. The van der Waals surface area contributed by atoms with Crippen LogP contribution in [0, 0.1) is 11.7 Å². The molecular weight excluding hydrogens is 273 g/mol. The first-order valence-corrected chi connectivity index (χ1v) is 7.58. The predicted octanol–water partition coefficient (Wildman–Crippen LogP) is 1.21. The fraction of sp³-hybridized carbons (Fsp3) is 0.417. The number of ether oxygens (including phenoxy) is 1. The summed E-state index contributed by atoms with van der Waals surface area (Å²) in [4.78, 5) is 11.8. The third kappa shape index (κ3) is 3.23. The normalized spacial score (nSPS) is 21.1. The Balaban J connectivity index is 2.05. The fourth-order valence-corrected chi connectivity index (χ4v) is 3.73. The smallest absolute Gasteiger partial charge is 0.228 e. The van der Waals surface area contributed by atoms with E-state index in [-0.39, 0.29) is 22.9 Å². The maximum atomic E-state index is 13.4. The van der Waals surface area contributed by atoms with Gasteiger partial charge < -0.3 is 10.1 Å². The number of benzene rings is 1. The molecule has 1 N–H and O–H groups in total. The summed E-state index contributed by atoms with van der Waals surface area (Å²) in [5.74, 6) is -1.57. The second-order valence-electron chi connectivity index (χ2n) is 4.44. The lowest BCUT2D eigenvalue weighted by Gasteiger charge is -2.10. The van der Waals surface area contributed by atoms with Crippen molar-refractivity contribution in [3.63, 3.8) is 0 Å². The number of carbonyl (C=O) groups is 1. The SMILES string of the molecule is COc1ccc(NC(=O)[C@@H]2CCS(=O)(=O)C2)cc1F. The highest BCUT2D eigenvalue weighted by molar-refractivity contribution is 7.91. The van der Waals surface area contributed by atoms with Crippen LogP contribution in [0.15, 0.2) is 18.2 Å². The second-order valence-corrected chi connectivity index (χ2v) is 6.67. The quantitative estimate of drug-likeness (QED) is 0.907. The highest BCUT2D eigenvalue weighted by Gasteiger charge is 2.32. The maximum Gasteiger partial charge on any atom is 0.228 e. The molecule has 1 amide bonds. The average molecular weight is 287 g/mol. The molecule has 1 aliphatic rings. The van der Waals surface area contributed by atoms with Crippen molar-refractivity contribution < 1.29 is 22.3 Å². The van der Waals surface area contributed by atoms with Crippen LogP contribution in [0.1, 0.15) is 6.42 Å². The maximum absolute atomic E-state index is 13.4. The zero-order chi connectivity index (χ0) is 14.0. The minimum absolute atomic E-state index is 0.0298. The number of nitrogens with one attached hydrogen (secondary N) is 1. The molecule has 1 saturated heterocycles. The lowest BCUT2D eigenvalue weighted by atomic mass is 10.1. The Hall–Kier alpha value is -1.63. The number of halogens is 1.